The van der Waals surface area contributed by atoms with Gasteiger partial charge in [-0.25, -0.2) is 8.42 Å². The Morgan fingerprint density at radius 3 is 2.60 bits per heavy atom. The van der Waals surface area contributed by atoms with Crippen molar-refractivity contribution in [3.63, 3.8) is 0 Å². The smallest absolute Gasteiger partial charge is 0.246 e. The van der Waals surface area contributed by atoms with Crippen LogP contribution in [0, 0.1) is 0 Å². The second kappa shape index (κ2) is 6.65. The molecule has 1 aromatic heterocycles. The molecule has 20 heavy (non-hydrogen) atoms. The number of H-pyrrole nitrogens is 1. The van der Waals surface area contributed by atoms with E-state index in [4.69, 9.17) is 5.73 Å². The minimum Gasteiger partial charge on any atom is -0.330 e. The summed E-state index contributed by atoms with van der Waals surface area (Å²) in [5.41, 5.74) is 6.43. The first kappa shape index (κ1) is 14.7. The van der Waals surface area contributed by atoms with Crippen LogP contribution in [0.3, 0.4) is 0 Å². The Morgan fingerprint density at radius 1 is 1.25 bits per heavy atom. The Labute approximate surface area is 118 Å². The van der Waals surface area contributed by atoms with E-state index in [-0.39, 0.29) is 4.90 Å². The third-order valence-corrected chi connectivity index (χ3v) is 4.73. The summed E-state index contributed by atoms with van der Waals surface area (Å²) in [6.45, 7) is 1.17. The number of nitrogens with zero attached hydrogens (tertiary/aromatic N) is 2. The molecule has 0 radical (unpaired) electrons. The second-order valence-electron chi connectivity index (χ2n) is 4.40. The normalized spacial score (nSPS) is 11.9. The van der Waals surface area contributed by atoms with Crippen molar-refractivity contribution in [3.8, 4) is 0 Å². The largest absolute Gasteiger partial charge is 0.330 e. The van der Waals surface area contributed by atoms with Crippen LogP contribution in [0.4, 0.5) is 0 Å². The third kappa shape index (κ3) is 3.44. The van der Waals surface area contributed by atoms with E-state index in [1.807, 2.05) is 30.3 Å². The van der Waals surface area contributed by atoms with Gasteiger partial charge in [-0.2, -0.15) is 9.40 Å². The van der Waals surface area contributed by atoms with Crippen LogP contribution in [0.25, 0.3) is 0 Å². The maximum atomic E-state index is 12.5. The maximum absolute atomic E-state index is 12.5. The molecule has 0 aliphatic carbocycles. The number of hydrogen-bond donors (Lipinski definition) is 2. The van der Waals surface area contributed by atoms with Gasteiger partial charge in [0.05, 0.1) is 6.20 Å². The van der Waals surface area contributed by atoms with E-state index in [2.05, 4.69) is 10.2 Å². The van der Waals surface area contributed by atoms with E-state index in [1.54, 1.807) is 0 Å². The van der Waals surface area contributed by atoms with Crippen molar-refractivity contribution in [1.29, 1.82) is 0 Å². The average molecular weight is 294 g/mol. The molecule has 108 valence electrons. The first-order valence-electron chi connectivity index (χ1n) is 6.37. The highest BCUT2D eigenvalue weighted by Crippen LogP contribution is 2.17. The van der Waals surface area contributed by atoms with Crippen LogP contribution in [0.1, 0.15) is 12.0 Å². The van der Waals surface area contributed by atoms with Crippen LogP contribution in [0.5, 0.6) is 0 Å². The van der Waals surface area contributed by atoms with E-state index >= 15 is 0 Å². The second-order valence-corrected chi connectivity index (χ2v) is 6.34. The molecular weight excluding hydrogens is 276 g/mol. The first-order chi connectivity index (χ1) is 9.64. The lowest BCUT2D eigenvalue weighted by molar-refractivity contribution is 0.402. The molecule has 7 heteroatoms. The Morgan fingerprint density at radius 2 is 2.00 bits per heavy atom. The molecule has 0 fully saturated rings. The standard InChI is InChI=1S/C13H18N4O2S/c14-7-4-8-17(11-12-5-2-1-3-6-12)20(18,19)13-9-15-16-10-13/h1-3,5-6,9-10H,4,7-8,11,14H2,(H,15,16). The van der Waals surface area contributed by atoms with Crippen LogP contribution in [0.15, 0.2) is 47.6 Å². The van der Waals surface area contributed by atoms with Crippen molar-refractivity contribution in [2.75, 3.05) is 13.1 Å². The molecule has 0 spiro atoms. The van der Waals surface area contributed by atoms with Gasteiger partial charge in [-0.1, -0.05) is 30.3 Å². The minimum atomic E-state index is -3.54. The van der Waals surface area contributed by atoms with Gasteiger partial charge in [0, 0.05) is 19.3 Å². The zero-order valence-corrected chi connectivity index (χ0v) is 11.9. The molecule has 0 amide bonds. The predicted octanol–water partition coefficient (Wildman–Crippen LogP) is 0.949. The molecule has 0 aliphatic heterocycles. The Hall–Kier alpha value is -1.70. The summed E-state index contributed by atoms with van der Waals surface area (Å²) in [6.07, 6.45) is 3.31. The van der Waals surface area contributed by atoms with Crippen molar-refractivity contribution in [2.45, 2.75) is 17.9 Å². The highest BCUT2D eigenvalue weighted by molar-refractivity contribution is 7.89. The lowest BCUT2D eigenvalue weighted by atomic mass is 10.2. The van der Waals surface area contributed by atoms with Crippen molar-refractivity contribution < 1.29 is 8.42 Å². The van der Waals surface area contributed by atoms with Gasteiger partial charge in [0.2, 0.25) is 10.0 Å². The fourth-order valence-corrected chi connectivity index (χ4v) is 3.24. The fourth-order valence-electron chi connectivity index (χ4n) is 1.87. The number of benzene rings is 1. The van der Waals surface area contributed by atoms with Crippen LogP contribution < -0.4 is 5.73 Å². The van der Waals surface area contributed by atoms with E-state index in [0.29, 0.717) is 26.1 Å². The number of rotatable bonds is 7. The van der Waals surface area contributed by atoms with Crippen LogP contribution in [-0.4, -0.2) is 36.0 Å². The van der Waals surface area contributed by atoms with E-state index in [9.17, 15) is 8.42 Å². The van der Waals surface area contributed by atoms with Gasteiger partial charge in [-0.05, 0) is 18.5 Å². The lowest BCUT2D eigenvalue weighted by Crippen LogP contribution is -2.32. The number of aromatic amines is 1. The SMILES string of the molecule is NCCCN(Cc1ccccc1)S(=O)(=O)c1cn[nH]c1. The van der Waals surface area contributed by atoms with Crippen LogP contribution in [0.2, 0.25) is 0 Å². The topological polar surface area (TPSA) is 92.1 Å². The van der Waals surface area contributed by atoms with E-state index < -0.39 is 10.0 Å². The van der Waals surface area contributed by atoms with Gasteiger partial charge in [-0.15, -0.1) is 0 Å². The number of aromatic nitrogens is 2. The van der Waals surface area contributed by atoms with Gasteiger partial charge < -0.3 is 5.73 Å². The van der Waals surface area contributed by atoms with Crippen molar-refractivity contribution in [1.82, 2.24) is 14.5 Å². The molecule has 0 atom stereocenters. The van der Waals surface area contributed by atoms with Crippen LogP contribution in [-0.2, 0) is 16.6 Å². The lowest BCUT2D eigenvalue weighted by Gasteiger charge is -2.21. The molecule has 0 aliphatic rings. The number of nitrogens with two attached hydrogens (primary N) is 1. The summed E-state index contributed by atoms with van der Waals surface area (Å²) in [5, 5.41) is 6.23. The third-order valence-electron chi connectivity index (χ3n) is 2.92. The Kier molecular flexibility index (Phi) is 4.89. The molecule has 0 unspecified atom stereocenters. The molecular formula is C13H18N4O2S. The molecule has 1 heterocycles. The van der Waals surface area contributed by atoms with Crippen molar-refractivity contribution in [3.05, 3.63) is 48.3 Å². The molecule has 2 rings (SSSR count). The molecule has 6 nitrogen and oxygen atoms in total. The minimum absolute atomic E-state index is 0.172. The molecule has 3 N–H and O–H groups in total. The van der Waals surface area contributed by atoms with E-state index in [0.717, 1.165) is 5.56 Å². The van der Waals surface area contributed by atoms with Gasteiger partial charge in [0.25, 0.3) is 0 Å². The van der Waals surface area contributed by atoms with Crippen molar-refractivity contribution in [2.24, 2.45) is 5.73 Å². The zero-order chi connectivity index (χ0) is 14.4. The van der Waals surface area contributed by atoms with Gasteiger partial charge >= 0.3 is 0 Å². The van der Waals surface area contributed by atoms with Gasteiger partial charge in [0.15, 0.2) is 0 Å². The quantitative estimate of drug-likeness (QED) is 0.795. The predicted molar refractivity (Wildman–Crippen MR) is 76.3 cm³/mol. The number of hydrogen-bond acceptors (Lipinski definition) is 4. The summed E-state index contributed by atoms with van der Waals surface area (Å²) in [6, 6.07) is 9.49. The monoisotopic (exact) mass is 294 g/mol. The summed E-state index contributed by atoms with van der Waals surface area (Å²) >= 11 is 0. The summed E-state index contributed by atoms with van der Waals surface area (Å²) in [4.78, 5) is 0.172. The highest BCUT2D eigenvalue weighted by Gasteiger charge is 2.24. The molecule has 2 aromatic rings. The first-order valence-corrected chi connectivity index (χ1v) is 7.81. The average Bonchev–Trinajstić information content (AvgIpc) is 2.99. The van der Waals surface area contributed by atoms with Gasteiger partial charge in [-0.3, -0.25) is 5.10 Å². The van der Waals surface area contributed by atoms with E-state index in [1.165, 1.54) is 16.7 Å². The number of nitrogens with one attached hydrogen (secondary N) is 1. The zero-order valence-electron chi connectivity index (χ0n) is 11.1. The highest BCUT2D eigenvalue weighted by atomic mass is 32.2. The number of sulfonamides is 1. The van der Waals surface area contributed by atoms with Gasteiger partial charge in [0.1, 0.15) is 4.90 Å². The van der Waals surface area contributed by atoms with Crippen molar-refractivity contribution >= 4 is 10.0 Å². The molecule has 1 aromatic carbocycles. The van der Waals surface area contributed by atoms with Crippen LogP contribution >= 0.6 is 0 Å². The summed E-state index contributed by atoms with van der Waals surface area (Å²) in [5.74, 6) is 0. The summed E-state index contributed by atoms with van der Waals surface area (Å²) < 4.78 is 26.5. The molecule has 0 bridgehead atoms. The summed E-state index contributed by atoms with van der Waals surface area (Å²) in [7, 11) is -3.54. The maximum Gasteiger partial charge on any atom is 0.246 e. The fraction of sp³-hybridized carbons (Fsp3) is 0.308. The molecule has 0 saturated carbocycles. The Balaban J connectivity index is 2.23. The molecule has 0 saturated heterocycles. The Bertz CT molecular complexity index is 611.